The van der Waals surface area contributed by atoms with E-state index in [1.165, 1.54) is 31.0 Å². The molecule has 1 rings (SSSR count). The fraction of sp³-hybridized carbons (Fsp3) is 0.625. The highest BCUT2D eigenvalue weighted by atomic mass is 14.7. The Morgan fingerprint density at radius 1 is 1.11 bits per heavy atom. The van der Waals surface area contributed by atoms with Gasteiger partial charge in [-0.3, -0.25) is 0 Å². The summed E-state index contributed by atoms with van der Waals surface area (Å²) in [6, 6.07) is 8.71. The molecule has 0 spiro atoms. The van der Waals surface area contributed by atoms with Crippen LogP contribution in [-0.2, 0) is 5.41 Å². The zero-order chi connectivity index (χ0) is 14.6. The van der Waals surface area contributed by atoms with Crippen molar-refractivity contribution >= 4 is 0 Å². The van der Waals surface area contributed by atoms with E-state index < -0.39 is 0 Å². The van der Waals surface area contributed by atoms with E-state index in [4.69, 9.17) is 0 Å². The molecule has 0 fully saturated rings. The zero-order valence-corrected chi connectivity index (χ0v) is 13.3. The van der Waals surface area contributed by atoms with Crippen molar-refractivity contribution in [3.8, 4) is 0 Å². The topological polar surface area (TPSA) is 38.0 Å². The van der Waals surface area contributed by atoms with Crippen molar-refractivity contribution in [1.29, 1.82) is 0 Å². The fourth-order valence-electron chi connectivity index (χ4n) is 2.09. The zero-order valence-electron chi connectivity index (χ0n) is 13.3. The number of hydrogen-bond acceptors (Lipinski definition) is 2. The van der Waals surface area contributed by atoms with E-state index in [2.05, 4.69) is 63.0 Å². The highest BCUT2D eigenvalue weighted by Crippen LogP contribution is 2.30. The molecule has 0 unspecified atom stereocenters. The predicted octanol–water partition coefficient (Wildman–Crippen LogP) is 3.48. The minimum atomic E-state index is 0.333. The van der Waals surface area contributed by atoms with Gasteiger partial charge in [0.2, 0.25) is 0 Å². The van der Waals surface area contributed by atoms with Crippen LogP contribution >= 0.6 is 0 Å². The first-order chi connectivity index (χ1) is 8.49. The summed E-state index contributed by atoms with van der Waals surface area (Å²) in [7, 11) is 5.25. The van der Waals surface area contributed by atoms with Gasteiger partial charge in [-0.05, 0) is 51.0 Å². The quantitative estimate of drug-likeness (QED) is 0.864. The second kappa shape index (κ2) is 11.2. The Kier molecular flexibility index (Phi) is 12.2. The summed E-state index contributed by atoms with van der Waals surface area (Å²) in [5.41, 5.74) is 7.75. The Hall–Kier alpha value is -0.860. The van der Waals surface area contributed by atoms with Crippen molar-refractivity contribution in [3.05, 3.63) is 35.4 Å². The molecule has 0 aromatic heterocycles. The summed E-state index contributed by atoms with van der Waals surface area (Å²) < 4.78 is 0. The molecule has 0 saturated heterocycles. The first-order valence-electron chi connectivity index (χ1n) is 6.72. The van der Waals surface area contributed by atoms with Gasteiger partial charge in [0, 0.05) is 0 Å². The van der Waals surface area contributed by atoms with E-state index in [0.29, 0.717) is 5.41 Å². The van der Waals surface area contributed by atoms with E-state index in [0.717, 1.165) is 0 Å². The smallest absolute Gasteiger partial charge is 0.0101 e. The van der Waals surface area contributed by atoms with Gasteiger partial charge in [0.15, 0.2) is 0 Å². The van der Waals surface area contributed by atoms with Gasteiger partial charge in [-0.15, -0.1) is 0 Å². The van der Waals surface area contributed by atoms with E-state index in [-0.39, 0.29) is 0 Å². The lowest BCUT2D eigenvalue weighted by molar-refractivity contribution is 0.471. The second-order valence-electron chi connectivity index (χ2n) is 4.95. The summed E-state index contributed by atoms with van der Waals surface area (Å²) in [6.45, 7) is 9.12. The predicted molar refractivity (Wildman–Crippen MR) is 84.2 cm³/mol. The van der Waals surface area contributed by atoms with Gasteiger partial charge >= 0.3 is 0 Å². The van der Waals surface area contributed by atoms with Crippen molar-refractivity contribution < 1.29 is 0 Å². The molecule has 18 heavy (non-hydrogen) atoms. The summed E-state index contributed by atoms with van der Waals surface area (Å²) in [5.74, 6) is 0. The summed E-state index contributed by atoms with van der Waals surface area (Å²) in [6.07, 6.45) is 2.51. The van der Waals surface area contributed by atoms with Crippen LogP contribution in [0.25, 0.3) is 0 Å². The minimum absolute atomic E-state index is 0.333. The number of hydrogen-bond donors (Lipinski definition) is 2. The lowest BCUT2D eigenvalue weighted by atomic mass is 9.79. The Balaban J connectivity index is 0. The number of nitrogens with one attached hydrogen (secondary N) is 1. The Labute approximate surface area is 114 Å². The summed E-state index contributed by atoms with van der Waals surface area (Å²) >= 11 is 0. The molecule has 0 heterocycles. The lowest BCUT2D eigenvalue weighted by Crippen LogP contribution is -2.17. The van der Waals surface area contributed by atoms with Crippen LogP contribution in [0.4, 0.5) is 0 Å². The Bertz CT molecular complexity index is 293. The van der Waals surface area contributed by atoms with Crippen molar-refractivity contribution in [2.75, 3.05) is 21.1 Å². The van der Waals surface area contributed by atoms with E-state index in [1.807, 2.05) is 14.1 Å². The molecule has 2 heteroatoms. The number of benzene rings is 1. The third kappa shape index (κ3) is 7.46. The molecule has 0 amide bonds. The van der Waals surface area contributed by atoms with Crippen LogP contribution in [0.3, 0.4) is 0 Å². The molecule has 0 atom stereocenters. The first kappa shape index (κ1) is 19.5. The van der Waals surface area contributed by atoms with Crippen LogP contribution in [0.2, 0.25) is 0 Å². The molecular formula is C16H32N2. The molecule has 0 aliphatic heterocycles. The van der Waals surface area contributed by atoms with Crippen molar-refractivity contribution in [2.45, 2.75) is 46.0 Å². The Morgan fingerprint density at radius 3 is 1.94 bits per heavy atom. The van der Waals surface area contributed by atoms with Gasteiger partial charge in [-0.25, -0.2) is 0 Å². The average molecular weight is 252 g/mol. The first-order valence-corrected chi connectivity index (χ1v) is 6.72. The number of aryl methyl sites for hydroxylation is 1. The van der Waals surface area contributed by atoms with Gasteiger partial charge in [0.25, 0.3) is 0 Å². The summed E-state index contributed by atoms with van der Waals surface area (Å²) in [4.78, 5) is 0. The standard InChI is InChI=1S/C13H20.C2H7N.CH5N/c1-5-10-13(3,4)12-9-7-6-8-11(12)2;1-3-2;1-2/h6-9H,5,10H2,1-4H3;3H,1-2H3;2H2,1H3. The van der Waals surface area contributed by atoms with Crippen LogP contribution in [0.5, 0.6) is 0 Å². The summed E-state index contributed by atoms with van der Waals surface area (Å²) in [5, 5.41) is 2.75. The largest absolute Gasteiger partial charge is 0.333 e. The van der Waals surface area contributed by atoms with Crippen LogP contribution in [0, 0.1) is 6.92 Å². The highest BCUT2D eigenvalue weighted by molar-refractivity contribution is 5.31. The van der Waals surface area contributed by atoms with Crippen LogP contribution in [0.1, 0.15) is 44.7 Å². The van der Waals surface area contributed by atoms with Crippen molar-refractivity contribution in [2.24, 2.45) is 5.73 Å². The monoisotopic (exact) mass is 252 g/mol. The molecule has 1 aromatic carbocycles. The van der Waals surface area contributed by atoms with Crippen LogP contribution in [-0.4, -0.2) is 21.1 Å². The molecule has 106 valence electrons. The molecule has 0 bridgehead atoms. The van der Waals surface area contributed by atoms with E-state index >= 15 is 0 Å². The minimum Gasteiger partial charge on any atom is -0.333 e. The molecule has 1 aromatic rings. The molecule has 0 saturated carbocycles. The molecular weight excluding hydrogens is 220 g/mol. The maximum absolute atomic E-state index is 4.50. The fourth-order valence-corrected chi connectivity index (χ4v) is 2.09. The van der Waals surface area contributed by atoms with Gasteiger partial charge < -0.3 is 11.1 Å². The maximum Gasteiger partial charge on any atom is -0.0101 e. The number of rotatable bonds is 3. The molecule has 2 nitrogen and oxygen atoms in total. The highest BCUT2D eigenvalue weighted by Gasteiger charge is 2.20. The molecule has 0 aliphatic rings. The normalized spacial score (nSPS) is 9.78. The van der Waals surface area contributed by atoms with Gasteiger partial charge in [0.1, 0.15) is 0 Å². The Morgan fingerprint density at radius 2 is 1.56 bits per heavy atom. The van der Waals surface area contributed by atoms with Gasteiger partial charge in [-0.2, -0.15) is 0 Å². The van der Waals surface area contributed by atoms with E-state index in [9.17, 15) is 0 Å². The van der Waals surface area contributed by atoms with Crippen molar-refractivity contribution in [1.82, 2.24) is 5.32 Å². The SMILES string of the molecule is CCCC(C)(C)c1ccccc1C.CN.CNC. The van der Waals surface area contributed by atoms with Crippen LogP contribution in [0.15, 0.2) is 24.3 Å². The third-order valence-corrected chi connectivity index (χ3v) is 2.75. The second-order valence-corrected chi connectivity index (χ2v) is 4.95. The molecule has 0 aliphatic carbocycles. The molecule has 3 N–H and O–H groups in total. The molecule has 0 radical (unpaired) electrons. The van der Waals surface area contributed by atoms with Crippen molar-refractivity contribution in [3.63, 3.8) is 0 Å². The van der Waals surface area contributed by atoms with E-state index in [1.54, 1.807) is 0 Å². The van der Waals surface area contributed by atoms with Gasteiger partial charge in [0.05, 0.1) is 0 Å². The third-order valence-electron chi connectivity index (χ3n) is 2.75. The average Bonchev–Trinajstić information content (AvgIpc) is 2.33. The number of nitrogens with two attached hydrogens (primary N) is 1. The van der Waals surface area contributed by atoms with Crippen LogP contribution < -0.4 is 11.1 Å². The van der Waals surface area contributed by atoms with Gasteiger partial charge in [-0.1, -0.05) is 51.5 Å². The maximum atomic E-state index is 4.50. The lowest BCUT2D eigenvalue weighted by Gasteiger charge is -2.26.